The summed E-state index contributed by atoms with van der Waals surface area (Å²) in [7, 11) is 0. The van der Waals surface area contributed by atoms with Crippen molar-refractivity contribution in [3.63, 3.8) is 0 Å². The van der Waals surface area contributed by atoms with Crippen molar-refractivity contribution < 1.29 is 4.79 Å². The maximum absolute atomic E-state index is 11.9. The Morgan fingerprint density at radius 3 is 2.29 bits per heavy atom. The number of hydrogen-bond donors (Lipinski definition) is 2. The van der Waals surface area contributed by atoms with Crippen LogP contribution >= 0.6 is 0 Å². The second kappa shape index (κ2) is 5.92. The Morgan fingerprint density at radius 1 is 1.12 bits per heavy atom. The summed E-state index contributed by atoms with van der Waals surface area (Å²) in [6.07, 6.45) is 0. The van der Waals surface area contributed by atoms with Crippen LogP contribution in [0.2, 0.25) is 0 Å². The van der Waals surface area contributed by atoms with E-state index in [2.05, 4.69) is 5.10 Å². The van der Waals surface area contributed by atoms with Gasteiger partial charge in [-0.25, -0.2) is 0 Å². The first-order valence-corrected chi connectivity index (χ1v) is 7.86. The van der Waals surface area contributed by atoms with E-state index < -0.39 is 0 Å². The monoisotopic (exact) mass is 320 g/mol. The molecule has 122 valence electrons. The molecule has 3 rings (SSSR count). The number of nitrogens with two attached hydrogens (primary N) is 1. The fourth-order valence-corrected chi connectivity index (χ4v) is 2.82. The van der Waals surface area contributed by atoms with Gasteiger partial charge in [0.25, 0.3) is 0 Å². The zero-order valence-corrected chi connectivity index (χ0v) is 14.0. The van der Waals surface area contributed by atoms with E-state index in [4.69, 9.17) is 11.1 Å². The van der Waals surface area contributed by atoms with E-state index in [-0.39, 0.29) is 17.7 Å². The molecule has 0 saturated heterocycles. The number of Topliss-reactive ketones (excluding diaryl/α,β-unsaturated/α-hetero) is 1. The van der Waals surface area contributed by atoms with E-state index in [1.54, 1.807) is 6.92 Å². The Hall–Kier alpha value is -2.95. The maximum atomic E-state index is 11.9. The summed E-state index contributed by atoms with van der Waals surface area (Å²) >= 11 is 0. The van der Waals surface area contributed by atoms with E-state index >= 15 is 0 Å². The predicted octanol–water partition coefficient (Wildman–Crippen LogP) is 3.77. The molecular weight excluding hydrogens is 300 g/mol. The average Bonchev–Trinajstić information content (AvgIpc) is 2.94. The van der Waals surface area contributed by atoms with Crippen molar-refractivity contribution in [1.29, 1.82) is 5.41 Å². The minimum absolute atomic E-state index is 0.0384. The van der Waals surface area contributed by atoms with Crippen molar-refractivity contribution in [2.24, 2.45) is 5.73 Å². The van der Waals surface area contributed by atoms with Gasteiger partial charge in [0, 0.05) is 23.9 Å². The molecule has 0 aliphatic heterocycles. The van der Waals surface area contributed by atoms with Crippen LogP contribution in [0.1, 0.15) is 42.9 Å². The molecule has 5 nitrogen and oxygen atoms in total. The lowest BCUT2D eigenvalue weighted by atomic mass is 10.0. The van der Waals surface area contributed by atoms with Gasteiger partial charge >= 0.3 is 0 Å². The van der Waals surface area contributed by atoms with Gasteiger partial charge in [0.05, 0.1) is 5.52 Å². The summed E-state index contributed by atoms with van der Waals surface area (Å²) in [5.41, 5.74) is 9.66. The Morgan fingerprint density at radius 2 is 1.75 bits per heavy atom. The maximum Gasteiger partial charge on any atom is 0.180 e. The van der Waals surface area contributed by atoms with E-state index in [1.165, 1.54) is 0 Å². The van der Waals surface area contributed by atoms with Crippen LogP contribution in [0.3, 0.4) is 0 Å². The smallest absolute Gasteiger partial charge is 0.180 e. The number of nitrogens with one attached hydrogen (secondary N) is 1. The molecule has 2 aromatic carbocycles. The number of ketones is 1. The molecule has 0 fully saturated rings. The molecule has 0 aliphatic rings. The second-order valence-corrected chi connectivity index (χ2v) is 6.17. The lowest BCUT2D eigenvalue weighted by molar-refractivity contribution is 0.101. The Balaban J connectivity index is 2.15. The number of nitrogens with zero attached hydrogens (tertiary/aromatic N) is 2. The zero-order chi connectivity index (χ0) is 17.4. The number of rotatable bonds is 4. The molecule has 0 saturated carbocycles. The van der Waals surface area contributed by atoms with Gasteiger partial charge in [-0.3, -0.25) is 14.9 Å². The Bertz CT molecular complexity index is 936. The molecule has 0 atom stereocenters. The molecule has 0 amide bonds. The molecule has 3 aromatic rings. The van der Waals surface area contributed by atoms with Gasteiger partial charge in [-0.05, 0) is 37.1 Å². The summed E-state index contributed by atoms with van der Waals surface area (Å²) in [4.78, 5) is 11.9. The van der Waals surface area contributed by atoms with Gasteiger partial charge in [-0.1, -0.05) is 30.3 Å². The van der Waals surface area contributed by atoms with Crippen LogP contribution in [-0.4, -0.2) is 21.4 Å². The average molecular weight is 320 g/mol. The van der Waals surface area contributed by atoms with Gasteiger partial charge < -0.3 is 5.73 Å². The van der Waals surface area contributed by atoms with Crippen LogP contribution in [0.5, 0.6) is 0 Å². The molecule has 0 spiro atoms. The number of hydrogen-bond acceptors (Lipinski definition) is 3. The summed E-state index contributed by atoms with van der Waals surface area (Å²) in [5.74, 6) is 0.0116. The summed E-state index contributed by atoms with van der Waals surface area (Å²) in [5, 5.41) is 12.8. The number of fused-ring (bicyclic) bond motifs is 1. The first-order chi connectivity index (χ1) is 11.4. The van der Waals surface area contributed by atoms with Crippen LogP contribution in [0, 0.1) is 5.41 Å². The van der Waals surface area contributed by atoms with Crippen LogP contribution in [0.25, 0.3) is 22.0 Å². The molecule has 0 radical (unpaired) electrons. The Labute approximate surface area is 140 Å². The third kappa shape index (κ3) is 2.69. The fourth-order valence-electron chi connectivity index (χ4n) is 2.82. The molecule has 5 heteroatoms. The van der Waals surface area contributed by atoms with Crippen LogP contribution < -0.4 is 5.73 Å². The largest absolute Gasteiger partial charge is 0.384 e. The van der Waals surface area contributed by atoms with Crippen LogP contribution in [0.15, 0.2) is 42.5 Å². The first kappa shape index (κ1) is 15.9. The van der Waals surface area contributed by atoms with Gasteiger partial charge in [-0.2, -0.15) is 5.10 Å². The topological polar surface area (TPSA) is 84.8 Å². The van der Waals surface area contributed by atoms with Crippen molar-refractivity contribution >= 4 is 22.5 Å². The molecule has 1 aromatic heterocycles. The predicted molar refractivity (Wildman–Crippen MR) is 96.6 cm³/mol. The molecule has 3 N–H and O–H groups in total. The molecule has 1 heterocycles. The highest BCUT2D eigenvalue weighted by Gasteiger charge is 2.16. The third-order valence-electron chi connectivity index (χ3n) is 4.06. The van der Waals surface area contributed by atoms with E-state index in [1.807, 2.05) is 61.0 Å². The van der Waals surface area contributed by atoms with Crippen molar-refractivity contribution in [1.82, 2.24) is 9.78 Å². The standard InChI is InChI=1S/C19H20N4O/c1-11(2)23-17-9-8-15(10-16(17)18(22-23)12(3)24)13-4-6-14(7-5-13)19(20)21/h4-11H,1-3H3,(H3,20,21). The number of aromatic nitrogens is 2. The molecule has 24 heavy (non-hydrogen) atoms. The lowest BCUT2D eigenvalue weighted by Gasteiger charge is -2.08. The first-order valence-electron chi connectivity index (χ1n) is 7.86. The second-order valence-electron chi connectivity index (χ2n) is 6.17. The Kier molecular flexibility index (Phi) is 3.93. The number of amidine groups is 1. The molecule has 0 bridgehead atoms. The molecule has 0 unspecified atom stereocenters. The van der Waals surface area contributed by atoms with Crippen molar-refractivity contribution in [2.75, 3.05) is 0 Å². The van der Waals surface area contributed by atoms with E-state index in [0.29, 0.717) is 11.3 Å². The van der Waals surface area contributed by atoms with Crippen LogP contribution in [-0.2, 0) is 0 Å². The number of nitrogen functional groups attached to an aromatic ring is 1. The highest BCUT2D eigenvalue weighted by atomic mass is 16.1. The summed E-state index contributed by atoms with van der Waals surface area (Å²) < 4.78 is 1.88. The van der Waals surface area contributed by atoms with Crippen molar-refractivity contribution in [2.45, 2.75) is 26.8 Å². The zero-order valence-electron chi connectivity index (χ0n) is 14.0. The number of carbonyl (C=O) groups is 1. The van der Waals surface area contributed by atoms with Gasteiger partial charge in [0.2, 0.25) is 0 Å². The summed E-state index contributed by atoms with van der Waals surface area (Å²) in [6, 6.07) is 13.7. The van der Waals surface area contributed by atoms with Crippen molar-refractivity contribution in [3.05, 3.63) is 53.7 Å². The minimum Gasteiger partial charge on any atom is -0.384 e. The normalized spacial score (nSPS) is 11.2. The van der Waals surface area contributed by atoms with E-state index in [0.717, 1.165) is 22.0 Å². The molecule has 0 aliphatic carbocycles. The number of carbonyl (C=O) groups excluding carboxylic acids is 1. The highest BCUT2D eigenvalue weighted by molar-refractivity contribution is 6.06. The fraction of sp³-hybridized carbons (Fsp3) is 0.211. The van der Waals surface area contributed by atoms with Crippen molar-refractivity contribution in [3.8, 4) is 11.1 Å². The van der Waals surface area contributed by atoms with E-state index in [9.17, 15) is 4.79 Å². The van der Waals surface area contributed by atoms with Gasteiger partial charge in [0.1, 0.15) is 11.5 Å². The summed E-state index contributed by atoms with van der Waals surface area (Å²) in [6.45, 7) is 5.64. The quantitative estimate of drug-likeness (QED) is 0.436. The van der Waals surface area contributed by atoms with Gasteiger partial charge in [-0.15, -0.1) is 0 Å². The lowest BCUT2D eigenvalue weighted by Crippen LogP contribution is -2.10. The minimum atomic E-state index is -0.0384. The number of benzene rings is 2. The SMILES string of the molecule is CC(=O)c1nn(C(C)C)c2ccc(-c3ccc(C(=N)N)cc3)cc12. The third-order valence-corrected chi connectivity index (χ3v) is 4.06. The van der Waals surface area contributed by atoms with Gasteiger partial charge in [0.15, 0.2) is 5.78 Å². The highest BCUT2D eigenvalue weighted by Crippen LogP contribution is 2.28. The van der Waals surface area contributed by atoms with Crippen LogP contribution in [0.4, 0.5) is 0 Å². The molecular formula is C19H20N4O.